The zero-order valence-corrected chi connectivity index (χ0v) is 12.9. The SMILES string of the molecule is CC(C)CNCCCc1ncc(C2C3CCCCC32)o1. The zero-order valence-electron chi connectivity index (χ0n) is 12.9. The molecule has 2 saturated carbocycles. The van der Waals surface area contributed by atoms with Gasteiger partial charge in [0.25, 0.3) is 0 Å². The Balaban J connectivity index is 1.41. The lowest BCUT2D eigenvalue weighted by Crippen LogP contribution is -2.21. The van der Waals surface area contributed by atoms with Crippen LogP contribution in [0.3, 0.4) is 0 Å². The summed E-state index contributed by atoms with van der Waals surface area (Å²) >= 11 is 0. The quantitative estimate of drug-likeness (QED) is 0.771. The average molecular weight is 276 g/mol. The van der Waals surface area contributed by atoms with Gasteiger partial charge in [0.05, 0.1) is 6.20 Å². The minimum Gasteiger partial charge on any atom is -0.445 e. The van der Waals surface area contributed by atoms with Crippen molar-refractivity contribution in [3.8, 4) is 0 Å². The van der Waals surface area contributed by atoms with Crippen LogP contribution < -0.4 is 5.32 Å². The van der Waals surface area contributed by atoms with Gasteiger partial charge < -0.3 is 9.73 Å². The highest BCUT2D eigenvalue weighted by Crippen LogP contribution is 2.61. The summed E-state index contributed by atoms with van der Waals surface area (Å²) in [5.41, 5.74) is 0. The van der Waals surface area contributed by atoms with E-state index in [4.69, 9.17) is 4.42 Å². The third-order valence-electron chi connectivity index (χ3n) is 4.85. The first kappa shape index (κ1) is 14.1. The van der Waals surface area contributed by atoms with E-state index in [9.17, 15) is 0 Å². The second kappa shape index (κ2) is 6.30. The van der Waals surface area contributed by atoms with Crippen LogP contribution >= 0.6 is 0 Å². The van der Waals surface area contributed by atoms with Crippen molar-refractivity contribution in [2.75, 3.05) is 13.1 Å². The van der Waals surface area contributed by atoms with E-state index < -0.39 is 0 Å². The molecule has 0 radical (unpaired) electrons. The Hall–Kier alpha value is -0.830. The first-order valence-electron chi connectivity index (χ1n) is 8.41. The third kappa shape index (κ3) is 3.25. The van der Waals surface area contributed by atoms with E-state index >= 15 is 0 Å². The van der Waals surface area contributed by atoms with Crippen molar-refractivity contribution in [1.29, 1.82) is 0 Å². The van der Waals surface area contributed by atoms with E-state index in [0.29, 0.717) is 5.92 Å². The summed E-state index contributed by atoms with van der Waals surface area (Å²) in [6.07, 6.45) is 9.73. The number of oxazole rings is 1. The standard InChI is InChI=1S/C17H28N2O/c1-12(2)10-18-9-5-8-16-19-11-15(20-16)17-13-6-3-4-7-14(13)17/h11-14,17-18H,3-10H2,1-2H3. The first-order valence-corrected chi connectivity index (χ1v) is 8.41. The van der Waals surface area contributed by atoms with Crippen molar-refractivity contribution in [3.63, 3.8) is 0 Å². The molecule has 1 heterocycles. The molecule has 0 aliphatic heterocycles. The summed E-state index contributed by atoms with van der Waals surface area (Å²) in [6, 6.07) is 0. The van der Waals surface area contributed by atoms with Crippen molar-refractivity contribution in [3.05, 3.63) is 17.8 Å². The van der Waals surface area contributed by atoms with E-state index in [1.54, 1.807) is 0 Å². The summed E-state index contributed by atoms with van der Waals surface area (Å²) in [6.45, 7) is 6.64. The molecule has 1 N–H and O–H groups in total. The summed E-state index contributed by atoms with van der Waals surface area (Å²) in [7, 11) is 0. The second-order valence-electron chi connectivity index (χ2n) is 7.00. The number of hydrogen-bond donors (Lipinski definition) is 1. The summed E-state index contributed by atoms with van der Waals surface area (Å²) in [5, 5.41) is 3.47. The number of nitrogens with one attached hydrogen (secondary N) is 1. The minimum absolute atomic E-state index is 0.706. The Bertz CT molecular complexity index is 414. The van der Waals surface area contributed by atoms with Crippen LogP contribution in [0.1, 0.15) is 63.5 Å². The molecule has 0 amide bonds. The molecule has 112 valence electrons. The van der Waals surface area contributed by atoms with Gasteiger partial charge in [-0.3, -0.25) is 0 Å². The van der Waals surface area contributed by atoms with Crippen molar-refractivity contribution in [2.24, 2.45) is 17.8 Å². The molecule has 3 heteroatoms. The van der Waals surface area contributed by atoms with Crippen LogP contribution in [0.25, 0.3) is 0 Å². The molecule has 3 rings (SSSR count). The molecule has 0 bridgehead atoms. The maximum Gasteiger partial charge on any atom is 0.194 e. The minimum atomic E-state index is 0.706. The number of nitrogens with zero attached hydrogens (tertiary/aromatic N) is 1. The van der Waals surface area contributed by atoms with Crippen LogP contribution in [0.5, 0.6) is 0 Å². The first-order chi connectivity index (χ1) is 9.75. The van der Waals surface area contributed by atoms with E-state index in [-0.39, 0.29) is 0 Å². The van der Waals surface area contributed by atoms with E-state index in [1.165, 1.54) is 31.4 Å². The largest absolute Gasteiger partial charge is 0.445 e. The topological polar surface area (TPSA) is 38.1 Å². The molecular weight excluding hydrogens is 248 g/mol. The van der Waals surface area contributed by atoms with Gasteiger partial charge in [-0.05, 0) is 50.1 Å². The number of aryl methyl sites for hydroxylation is 1. The lowest BCUT2D eigenvalue weighted by Gasteiger charge is -2.05. The fourth-order valence-corrected chi connectivity index (χ4v) is 3.76. The molecule has 3 nitrogen and oxygen atoms in total. The van der Waals surface area contributed by atoms with Gasteiger partial charge in [-0.15, -0.1) is 0 Å². The fourth-order valence-electron chi connectivity index (χ4n) is 3.76. The Kier molecular flexibility index (Phi) is 4.45. The molecule has 1 aromatic rings. The highest BCUT2D eigenvalue weighted by Gasteiger charge is 2.53. The van der Waals surface area contributed by atoms with Crippen molar-refractivity contribution in [2.45, 2.75) is 58.3 Å². The fraction of sp³-hybridized carbons (Fsp3) is 0.824. The van der Waals surface area contributed by atoms with Gasteiger partial charge in [-0.25, -0.2) is 4.98 Å². The number of fused-ring (bicyclic) bond motifs is 1. The highest BCUT2D eigenvalue weighted by molar-refractivity contribution is 5.18. The van der Waals surface area contributed by atoms with Gasteiger partial charge in [-0.2, -0.15) is 0 Å². The van der Waals surface area contributed by atoms with Crippen LogP contribution in [-0.2, 0) is 6.42 Å². The van der Waals surface area contributed by atoms with Gasteiger partial charge >= 0.3 is 0 Å². The van der Waals surface area contributed by atoms with Crippen LogP contribution in [0.15, 0.2) is 10.6 Å². The lowest BCUT2D eigenvalue weighted by molar-refractivity contribution is 0.438. The van der Waals surface area contributed by atoms with Crippen LogP contribution in [0, 0.1) is 17.8 Å². The third-order valence-corrected chi connectivity index (χ3v) is 4.85. The maximum atomic E-state index is 5.99. The van der Waals surface area contributed by atoms with E-state index in [1.807, 2.05) is 6.20 Å². The Morgan fingerprint density at radius 2 is 2.05 bits per heavy atom. The predicted molar refractivity (Wildman–Crippen MR) is 80.7 cm³/mol. The van der Waals surface area contributed by atoms with Gasteiger partial charge in [0.1, 0.15) is 5.76 Å². The predicted octanol–water partition coefficient (Wildman–Crippen LogP) is 3.76. The summed E-state index contributed by atoms with van der Waals surface area (Å²) in [5.74, 6) is 5.37. The number of aromatic nitrogens is 1. The van der Waals surface area contributed by atoms with Crippen LogP contribution in [0.2, 0.25) is 0 Å². The van der Waals surface area contributed by atoms with E-state index in [2.05, 4.69) is 24.1 Å². The van der Waals surface area contributed by atoms with Crippen molar-refractivity contribution >= 4 is 0 Å². The molecule has 0 aromatic carbocycles. The van der Waals surface area contributed by atoms with Crippen LogP contribution in [-0.4, -0.2) is 18.1 Å². The molecule has 2 fully saturated rings. The molecule has 0 spiro atoms. The molecule has 2 aliphatic rings. The molecule has 0 saturated heterocycles. The number of rotatable bonds is 7. The zero-order chi connectivity index (χ0) is 13.9. The molecular formula is C17H28N2O. The highest BCUT2D eigenvalue weighted by atomic mass is 16.4. The maximum absolute atomic E-state index is 5.99. The average Bonchev–Trinajstić information content (AvgIpc) is 2.99. The normalized spacial score (nSPS) is 28.6. The Labute approximate surface area is 122 Å². The number of hydrogen-bond acceptors (Lipinski definition) is 3. The van der Waals surface area contributed by atoms with Gasteiger partial charge in [0, 0.05) is 12.3 Å². The van der Waals surface area contributed by atoms with Crippen molar-refractivity contribution < 1.29 is 4.42 Å². The van der Waals surface area contributed by atoms with E-state index in [0.717, 1.165) is 49.6 Å². The smallest absolute Gasteiger partial charge is 0.194 e. The Morgan fingerprint density at radius 3 is 2.75 bits per heavy atom. The van der Waals surface area contributed by atoms with Crippen LogP contribution in [0.4, 0.5) is 0 Å². The molecule has 2 aliphatic carbocycles. The summed E-state index contributed by atoms with van der Waals surface area (Å²) < 4.78 is 5.99. The van der Waals surface area contributed by atoms with Gasteiger partial charge in [0.15, 0.2) is 5.89 Å². The lowest BCUT2D eigenvalue weighted by atomic mass is 10.0. The van der Waals surface area contributed by atoms with Crippen molar-refractivity contribution in [1.82, 2.24) is 10.3 Å². The Morgan fingerprint density at radius 1 is 1.30 bits per heavy atom. The second-order valence-corrected chi connectivity index (χ2v) is 7.00. The molecule has 20 heavy (non-hydrogen) atoms. The summed E-state index contributed by atoms with van der Waals surface area (Å²) in [4.78, 5) is 4.47. The molecule has 2 atom stereocenters. The van der Waals surface area contributed by atoms with Gasteiger partial charge in [-0.1, -0.05) is 26.7 Å². The van der Waals surface area contributed by atoms with Gasteiger partial charge in [0.2, 0.25) is 0 Å². The molecule has 1 aromatic heterocycles. The monoisotopic (exact) mass is 276 g/mol. The molecule has 2 unspecified atom stereocenters.